The number of hydrogen-bond acceptors (Lipinski definition) is 6. The Balaban J connectivity index is 2.38. The summed E-state index contributed by atoms with van der Waals surface area (Å²) in [5, 5.41) is 14.5. The van der Waals surface area contributed by atoms with Gasteiger partial charge in [-0.25, -0.2) is 4.79 Å². The summed E-state index contributed by atoms with van der Waals surface area (Å²) in [5.41, 5.74) is 0. The summed E-state index contributed by atoms with van der Waals surface area (Å²) in [7, 11) is 1.34. The van der Waals surface area contributed by atoms with E-state index in [1.807, 2.05) is 0 Å². The van der Waals surface area contributed by atoms with Gasteiger partial charge < -0.3 is 24.4 Å². The number of carbonyl (C=O) groups excluding carboxylic acids is 1. The van der Waals surface area contributed by atoms with E-state index in [-0.39, 0.29) is 19.1 Å². The number of methoxy groups -OCH3 is 1. The number of rotatable bonds is 7. The van der Waals surface area contributed by atoms with E-state index in [1.54, 1.807) is 6.92 Å². The normalized spacial score (nSPS) is 11.9. The lowest BCUT2D eigenvalue weighted by Crippen LogP contribution is -2.45. The second-order valence-corrected chi connectivity index (χ2v) is 3.48. The number of carboxylic acid groups (broad SMARTS) is 1. The average Bonchev–Trinajstić information content (AvgIpc) is 2.72. The number of amides is 1. The van der Waals surface area contributed by atoms with Gasteiger partial charge in [-0.15, -0.1) is 0 Å². The molecule has 18 heavy (non-hydrogen) atoms. The van der Waals surface area contributed by atoms with Crippen molar-refractivity contribution in [3.63, 3.8) is 0 Å². The molecule has 1 rings (SSSR count). The molecule has 1 aromatic heterocycles. The second-order valence-electron chi connectivity index (χ2n) is 3.48. The third-order valence-corrected chi connectivity index (χ3v) is 1.92. The summed E-state index contributed by atoms with van der Waals surface area (Å²) >= 11 is 0. The van der Waals surface area contributed by atoms with Gasteiger partial charge in [-0.3, -0.25) is 4.79 Å². The first-order valence-electron chi connectivity index (χ1n) is 5.10. The van der Waals surface area contributed by atoms with Crippen LogP contribution in [0.25, 0.3) is 0 Å². The van der Waals surface area contributed by atoms with Gasteiger partial charge in [0.15, 0.2) is 12.6 Å². The number of carbonyl (C=O) groups is 2. The van der Waals surface area contributed by atoms with Crippen molar-refractivity contribution in [2.45, 2.75) is 13.0 Å². The smallest absolute Gasteiger partial charge is 0.328 e. The Morgan fingerprint density at radius 3 is 2.83 bits per heavy atom. The predicted molar refractivity (Wildman–Crippen MR) is 58.2 cm³/mol. The molecule has 8 nitrogen and oxygen atoms in total. The number of aromatic nitrogens is 1. The maximum Gasteiger partial charge on any atom is 0.328 e. The van der Waals surface area contributed by atoms with Crippen LogP contribution in [0.1, 0.15) is 5.76 Å². The Bertz CT molecular complexity index is 416. The number of hydrogen-bond donors (Lipinski definition) is 2. The SMILES string of the molecule is COCC(NC(=O)COc1cc(C)on1)C(=O)O. The quantitative estimate of drug-likeness (QED) is 0.683. The zero-order valence-electron chi connectivity index (χ0n) is 10.0. The van der Waals surface area contributed by atoms with Gasteiger partial charge in [0.25, 0.3) is 11.8 Å². The van der Waals surface area contributed by atoms with E-state index in [9.17, 15) is 9.59 Å². The molecule has 1 atom stereocenters. The fourth-order valence-corrected chi connectivity index (χ4v) is 1.13. The van der Waals surface area contributed by atoms with Crippen molar-refractivity contribution in [3.05, 3.63) is 11.8 Å². The van der Waals surface area contributed by atoms with Crippen LogP contribution in [0.2, 0.25) is 0 Å². The molecule has 0 saturated heterocycles. The molecule has 0 aliphatic rings. The first kappa shape index (κ1) is 14.0. The Labute approximate surface area is 103 Å². The molecule has 0 aliphatic carbocycles. The highest BCUT2D eigenvalue weighted by Gasteiger charge is 2.19. The van der Waals surface area contributed by atoms with Crippen molar-refractivity contribution >= 4 is 11.9 Å². The first-order chi connectivity index (χ1) is 8.52. The number of ether oxygens (including phenoxy) is 2. The number of nitrogens with one attached hydrogen (secondary N) is 1. The molecule has 1 aromatic rings. The van der Waals surface area contributed by atoms with E-state index in [2.05, 4.69) is 15.2 Å². The van der Waals surface area contributed by atoms with Crippen molar-refractivity contribution < 1.29 is 28.7 Å². The van der Waals surface area contributed by atoms with E-state index in [0.717, 1.165) is 0 Å². The summed E-state index contributed by atoms with van der Waals surface area (Å²) in [4.78, 5) is 22.1. The Hall–Kier alpha value is -2.09. The van der Waals surface area contributed by atoms with Crippen LogP contribution in [0.4, 0.5) is 0 Å². The molecule has 0 aliphatic heterocycles. The maximum atomic E-state index is 11.4. The number of aliphatic carboxylic acids is 1. The molecule has 0 spiro atoms. The second kappa shape index (κ2) is 6.60. The lowest BCUT2D eigenvalue weighted by atomic mass is 10.3. The van der Waals surface area contributed by atoms with Crippen molar-refractivity contribution in [2.24, 2.45) is 0 Å². The maximum absolute atomic E-state index is 11.4. The van der Waals surface area contributed by atoms with Crippen LogP contribution in [0.5, 0.6) is 5.88 Å². The Morgan fingerprint density at radius 2 is 2.33 bits per heavy atom. The Kier molecular flexibility index (Phi) is 5.12. The number of aryl methyl sites for hydroxylation is 1. The highest BCUT2D eigenvalue weighted by atomic mass is 16.5. The van der Waals surface area contributed by atoms with E-state index in [0.29, 0.717) is 5.76 Å². The molecular formula is C10H14N2O6. The molecule has 1 unspecified atom stereocenters. The third-order valence-electron chi connectivity index (χ3n) is 1.92. The molecule has 0 radical (unpaired) electrons. The topological polar surface area (TPSA) is 111 Å². The summed E-state index contributed by atoms with van der Waals surface area (Å²) in [5.74, 6) is -1.04. The molecule has 0 fully saturated rings. The minimum absolute atomic E-state index is 0.121. The number of nitrogens with zero attached hydrogens (tertiary/aromatic N) is 1. The summed E-state index contributed by atoms with van der Waals surface area (Å²) in [6.07, 6.45) is 0. The molecule has 0 saturated carbocycles. The van der Waals surface area contributed by atoms with Gasteiger partial charge in [-0.1, -0.05) is 0 Å². The van der Waals surface area contributed by atoms with Crippen LogP contribution in [0, 0.1) is 6.92 Å². The average molecular weight is 258 g/mol. The van der Waals surface area contributed by atoms with Gasteiger partial charge in [0.1, 0.15) is 5.76 Å². The van der Waals surface area contributed by atoms with E-state index in [1.165, 1.54) is 13.2 Å². The molecule has 1 heterocycles. The minimum atomic E-state index is -1.18. The zero-order chi connectivity index (χ0) is 13.5. The van der Waals surface area contributed by atoms with Crippen molar-refractivity contribution in [2.75, 3.05) is 20.3 Å². The van der Waals surface area contributed by atoms with Crippen LogP contribution < -0.4 is 10.1 Å². The molecular weight excluding hydrogens is 244 g/mol. The summed E-state index contributed by atoms with van der Waals surface area (Å²) in [6.45, 7) is 1.21. The molecule has 8 heteroatoms. The monoisotopic (exact) mass is 258 g/mol. The zero-order valence-corrected chi connectivity index (χ0v) is 10.0. The van der Waals surface area contributed by atoms with Gasteiger partial charge in [-0.2, -0.15) is 0 Å². The fourth-order valence-electron chi connectivity index (χ4n) is 1.13. The van der Waals surface area contributed by atoms with E-state index < -0.39 is 17.9 Å². The van der Waals surface area contributed by atoms with Gasteiger partial charge in [-0.05, 0) is 12.1 Å². The molecule has 2 N–H and O–H groups in total. The molecule has 0 bridgehead atoms. The van der Waals surface area contributed by atoms with E-state index >= 15 is 0 Å². The highest BCUT2D eigenvalue weighted by molar-refractivity contribution is 5.84. The van der Waals surface area contributed by atoms with Gasteiger partial charge >= 0.3 is 5.97 Å². The van der Waals surface area contributed by atoms with Crippen LogP contribution >= 0.6 is 0 Å². The minimum Gasteiger partial charge on any atom is -0.480 e. The largest absolute Gasteiger partial charge is 0.480 e. The molecule has 0 aromatic carbocycles. The van der Waals surface area contributed by atoms with Crippen LogP contribution in [0.3, 0.4) is 0 Å². The van der Waals surface area contributed by atoms with Crippen LogP contribution in [-0.4, -0.2) is 48.5 Å². The standard InChI is InChI=1S/C10H14N2O6/c1-6-3-9(12-18-6)17-5-8(13)11-7(4-16-2)10(14)15/h3,7H,4-5H2,1-2H3,(H,11,13)(H,14,15). The third kappa shape index (κ3) is 4.42. The lowest BCUT2D eigenvalue weighted by molar-refractivity contribution is -0.143. The molecule has 100 valence electrons. The number of carboxylic acids is 1. The van der Waals surface area contributed by atoms with Crippen molar-refractivity contribution in [1.29, 1.82) is 0 Å². The van der Waals surface area contributed by atoms with Crippen LogP contribution in [-0.2, 0) is 14.3 Å². The fraction of sp³-hybridized carbons (Fsp3) is 0.500. The molecule has 1 amide bonds. The highest BCUT2D eigenvalue weighted by Crippen LogP contribution is 2.09. The van der Waals surface area contributed by atoms with Crippen molar-refractivity contribution in [3.8, 4) is 5.88 Å². The van der Waals surface area contributed by atoms with E-state index in [4.69, 9.17) is 14.4 Å². The predicted octanol–water partition coefficient (Wildman–Crippen LogP) is -0.422. The van der Waals surface area contributed by atoms with Crippen LogP contribution in [0.15, 0.2) is 10.6 Å². The summed E-state index contributed by atoms with van der Waals surface area (Å²) in [6, 6.07) is 0.405. The van der Waals surface area contributed by atoms with Gasteiger partial charge in [0.2, 0.25) is 0 Å². The van der Waals surface area contributed by atoms with Crippen molar-refractivity contribution in [1.82, 2.24) is 10.5 Å². The Morgan fingerprint density at radius 1 is 1.61 bits per heavy atom. The van der Waals surface area contributed by atoms with Gasteiger partial charge in [0.05, 0.1) is 6.61 Å². The first-order valence-corrected chi connectivity index (χ1v) is 5.10. The lowest BCUT2D eigenvalue weighted by Gasteiger charge is -2.13. The summed E-state index contributed by atoms with van der Waals surface area (Å²) < 4.78 is 14.4. The van der Waals surface area contributed by atoms with Gasteiger partial charge in [0, 0.05) is 13.2 Å².